The lowest BCUT2D eigenvalue weighted by molar-refractivity contribution is -0.140. The molecule has 3 aliphatic rings. The van der Waals surface area contributed by atoms with Crippen LogP contribution in [0.15, 0.2) is 22.8 Å². The number of hydrogen-bond acceptors (Lipinski definition) is 4. The first-order chi connectivity index (χ1) is 12.1. The molecule has 2 atom stereocenters. The Balaban J connectivity index is 1.33. The molecule has 4 rings (SSSR count). The summed E-state index contributed by atoms with van der Waals surface area (Å²) >= 11 is 0. The predicted molar refractivity (Wildman–Crippen MR) is 92.7 cm³/mol. The van der Waals surface area contributed by atoms with Gasteiger partial charge in [0, 0.05) is 38.1 Å². The monoisotopic (exact) mass is 345 g/mol. The lowest BCUT2D eigenvalue weighted by atomic mass is 9.65. The van der Waals surface area contributed by atoms with E-state index in [2.05, 4.69) is 0 Å². The van der Waals surface area contributed by atoms with Gasteiger partial charge in [0.15, 0.2) is 5.76 Å². The molecule has 0 aromatic carbocycles. The van der Waals surface area contributed by atoms with E-state index in [4.69, 9.17) is 10.2 Å². The molecule has 136 valence electrons. The average molecular weight is 345 g/mol. The molecule has 2 amide bonds. The van der Waals surface area contributed by atoms with Gasteiger partial charge < -0.3 is 20.0 Å². The third kappa shape index (κ3) is 3.19. The lowest BCUT2D eigenvalue weighted by Crippen LogP contribution is -2.54. The van der Waals surface area contributed by atoms with Crippen LogP contribution in [0, 0.1) is 17.8 Å². The van der Waals surface area contributed by atoms with Crippen molar-refractivity contribution in [1.29, 1.82) is 0 Å². The maximum Gasteiger partial charge on any atom is 0.289 e. The fraction of sp³-hybridized carbons (Fsp3) is 0.684. The van der Waals surface area contributed by atoms with Gasteiger partial charge in [-0.2, -0.15) is 0 Å². The van der Waals surface area contributed by atoms with Gasteiger partial charge in [0.1, 0.15) is 0 Å². The lowest BCUT2D eigenvalue weighted by Gasteiger charge is -2.45. The maximum absolute atomic E-state index is 13.0. The number of carbonyl (C=O) groups excluding carboxylic acids is 2. The van der Waals surface area contributed by atoms with Gasteiger partial charge in [0.05, 0.1) is 6.26 Å². The maximum atomic E-state index is 13.0. The number of nitrogens with zero attached hydrogens (tertiary/aromatic N) is 2. The summed E-state index contributed by atoms with van der Waals surface area (Å²) < 4.78 is 5.19. The molecule has 1 aromatic rings. The number of rotatable bonds is 2. The van der Waals surface area contributed by atoms with Gasteiger partial charge in [-0.15, -0.1) is 0 Å². The van der Waals surface area contributed by atoms with Crippen LogP contribution in [0.2, 0.25) is 0 Å². The van der Waals surface area contributed by atoms with E-state index >= 15 is 0 Å². The Bertz CT molecular complexity index is 608. The summed E-state index contributed by atoms with van der Waals surface area (Å²) in [4.78, 5) is 29.0. The van der Waals surface area contributed by atoms with E-state index in [1.807, 2.05) is 4.90 Å². The zero-order valence-electron chi connectivity index (χ0n) is 14.6. The van der Waals surface area contributed by atoms with Gasteiger partial charge >= 0.3 is 0 Å². The van der Waals surface area contributed by atoms with Crippen LogP contribution < -0.4 is 5.73 Å². The Labute approximate surface area is 148 Å². The molecular weight excluding hydrogens is 318 g/mol. The van der Waals surface area contributed by atoms with E-state index in [1.54, 1.807) is 17.0 Å². The van der Waals surface area contributed by atoms with Crippen LogP contribution >= 0.6 is 0 Å². The highest BCUT2D eigenvalue weighted by Crippen LogP contribution is 2.42. The number of piperazine rings is 1. The molecule has 6 heteroatoms. The number of carbonyl (C=O) groups is 2. The third-order valence-corrected chi connectivity index (χ3v) is 6.37. The largest absolute Gasteiger partial charge is 0.459 e. The SMILES string of the molecule is NC1C2CCCC1CC(C(=O)N1CCN(C(=O)c3ccco3)CC1)C2. The van der Waals surface area contributed by atoms with Gasteiger partial charge in [-0.25, -0.2) is 0 Å². The predicted octanol–water partition coefficient (Wildman–Crippen LogP) is 1.72. The quantitative estimate of drug-likeness (QED) is 0.885. The molecule has 2 bridgehead atoms. The summed E-state index contributed by atoms with van der Waals surface area (Å²) in [6.07, 6.45) is 7.01. The molecular formula is C19H27N3O3. The van der Waals surface area contributed by atoms with Crippen LogP contribution in [-0.4, -0.2) is 53.8 Å². The molecule has 2 aliphatic carbocycles. The first-order valence-electron chi connectivity index (χ1n) is 9.50. The second kappa shape index (κ2) is 6.83. The summed E-state index contributed by atoms with van der Waals surface area (Å²) in [6, 6.07) is 3.70. The summed E-state index contributed by atoms with van der Waals surface area (Å²) in [5.74, 6) is 1.71. The van der Waals surface area contributed by atoms with E-state index in [-0.39, 0.29) is 17.7 Å². The second-order valence-corrected chi connectivity index (χ2v) is 7.79. The van der Waals surface area contributed by atoms with Crippen molar-refractivity contribution in [2.75, 3.05) is 26.2 Å². The van der Waals surface area contributed by atoms with E-state index in [9.17, 15) is 9.59 Å². The summed E-state index contributed by atoms with van der Waals surface area (Å²) in [5.41, 5.74) is 6.35. The van der Waals surface area contributed by atoms with Crippen LogP contribution in [0.5, 0.6) is 0 Å². The molecule has 0 spiro atoms. The number of fused-ring (bicyclic) bond motifs is 2. The van der Waals surface area contributed by atoms with Crippen LogP contribution in [-0.2, 0) is 4.79 Å². The Kier molecular flexibility index (Phi) is 4.54. The van der Waals surface area contributed by atoms with Gasteiger partial charge in [-0.3, -0.25) is 9.59 Å². The summed E-state index contributed by atoms with van der Waals surface area (Å²) in [6.45, 7) is 2.38. The molecule has 1 aliphatic heterocycles. The van der Waals surface area contributed by atoms with E-state index in [1.165, 1.54) is 25.5 Å². The zero-order chi connectivity index (χ0) is 17.4. The normalized spacial score (nSPS) is 32.5. The van der Waals surface area contributed by atoms with Crippen LogP contribution in [0.4, 0.5) is 0 Å². The van der Waals surface area contributed by atoms with Crippen molar-refractivity contribution in [1.82, 2.24) is 9.80 Å². The highest BCUT2D eigenvalue weighted by Gasteiger charge is 2.42. The Morgan fingerprint density at radius 2 is 1.68 bits per heavy atom. The molecule has 3 fully saturated rings. The second-order valence-electron chi connectivity index (χ2n) is 7.79. The van der Waals surface area contributed by atoms with Crippen molar-refractivity contribution in [2.24, 2.45) is 23.5 Å². The van der Waals surface area contributed by atoms with Crippen molar-refractivity contribution < 1.29 is 14.0 Å². The highest BCUT2D eigenvalue weighted by molar-refractivity contribution is 5.91. The minimum absolute atomic E-state index is 0.0877. The average Bonchev–Trinajstić information content (AvgIpc) is 3.15. The smallest absolute Gasteiger partial charge is 0.289 e. The topological polar surface area (TPSA) is 79.8 Å². The first kappa shape index (κ1) is 16.6. The van der Waals surface area contributed by atoms with Gasteiger partial charge in [-0.05, 0) is 49.7 Å². The first-order valence-corrected chi connectivity index (χ1v) is 9.50. The van der Waals surface area contributed by atoms with Crippen molar-refractivity contribution >= 4 is 11.8 Å². The zero-order valence-corrected chi connectivity index (χ0v) is 14.6. The van der Waals surface area contributed by atoms with E-state index in [0.29, 0.717) is 49.8 Å². The van der Waals surface area contributed by atoms with Crippen LogP contribution in [0.3, 0.4) is 0 Å². The number of amides is 2. The van der Waals surface area contributed by atoms with Crippen LogP contribution in [0.25, 0.3) is 0 Å². The number of furan rings is 1. The molecule has 6 nitrogen and oxygen atoms in total. The number of nitrogens with two attached hydrogens (primary N) is 1. The minimum Gasteiger partial charge on any atom is -0.459 e. The number of hydrogen-bond donors (Lipinski definition) is 1. The fourth-order valence-electron chi connectivity index (χ4n) is 4.93. The van der Waals surface area contributed by atoms with Crippen LogP contribution in [0.1, 0.15) is 42.7 Å². The van der Waals surface area contributed by atoms with Crippen molar-refractivity contribution in [3.8, 4) is 0 Å². The van der Waals surface area contributed by atoms with E-state index < -0.39 is 0 Å². The molecule has 0 radical (unpaired) electrons. The third-order valence-electron chi connectivity index (χ3n) is 6.37. The van der Waals surface area contributed by atoms with Gasteiger partial charge in [-0.1, -0.05) is 6.42 Å². The summed E-state index contributed by atoms with van der Waals surface area (Å²) in [7, 11) is 0. The van der Waals surface area contributed by atoms with Crippen molar-refractivity contribution in [2.45, 2.75) is 38.1 Å². The van der Waals surface area contributed by atoms with Gasteiger partial charge in [0.2, 0.25) is 5.91 Å². The fourth-order valence-corrected chi connectivity index (χ4v) is 4.93. The molecule has 1 saturated heterocycles. The molecule has 2 unspecified atom stereocenters. The standard InChI is InChI=1S/C19H27N3O3/c20-17-13-3-1-4-14(17)12-15(11-13)18(23)21-6-8-22(9-7-21)19(24)16-5-2-10-25-16/h2,5,10,13-15,17H,1,3-4,6-9,11-12,20H2. The van der Waals surface area contributed by atoms with Gasteiger partial charge in [0.25, 0.3) is 5.91 Å². The molecule has 2 heterocycles. The molecule has 1 aromatic heterocycles. The minimum atomic E-state index is -0.0877. The highest BCUT2D eigenvalue weighted by atomic mass is 16.3. The van der Waals surface area contributed by atoms with E-state index in [0.717, 1.165) is 12.8 Å². The Hall–Kier alpha value is -1.82. The Morgan fingerprint density at radius 3 is 2.28 bits per heavy atom. The Morgan fingerprint density at radius 1 is 1.04 bits per heavy atom. The van der Waals surface area contributed by atoms with Crippen molar-refractivity contribution in [3.05, 3.63) is 24.2 Å². The molecule has 2 saturated carbocycles. The summed E-state index contributed by atoms with van der Waals surface area (Å²) in [5, 5.41) is 0. The molecule has 25 heavy (non-hydrogen) atoms. The molecule has 2 N–H and O–H groups in total. The van der Waals surface area contributed by atoms with Crippen molar-refractivity contribution in [3.63, 3.8) is 0 Å².